The molecule has 2 unspecified atom stereocenters. The van der Waals surface area contributed by atoms with E-state index < -0.39 is 8.32 Å². The van der Waals surface area contributed by atoms with Gasteiger partial charge in [-0.05, 0) is 31.8 Å². The fourth-order valence-corrected chi connectivity index (χ4v) is 3.30. The summed E-state index contributed by atoms with van der Waals surface area (Å²) < 4.78 is 6.32. The van der Waals surface area contributed by atoms with Crippen LogP contribution < -0.4 is 10.4 Å². The molecule has 0 radical (unpaired) electrons. The number of rotatable bonds is 2. The van der Waals surface area contributed by atoms with Crippen LogP contribution in [0.1, 0.15) is 0 Å². The summed E-state index contributed by atoms with van der Waals surface area (Å²) >= 11 is 0. The van der Waals surface area contributed by atoms with E-state index in [1.54, 1.807) is 0 Å². The lowest BCUT2D eigenvalue weighted by molar-refractivity contribution is 0.242. The van der Waals surface area contributed by atoms with Crippen molar-refractivity contribution >= 4 is 19.7 Å². The molecule has 1 aromatic carbocycles. The van der Waals surface area contributed by atoms with Crippen molar-refractivity contribution < 1.29 is 4.53 Å². The summed E-state index contributed by atoms with van der Waals surface area (Å²) in [6.45, 7) is 6.65. The Bertz CT molecular complexity index is 533. The van der Waals surface area contributed by atoms with Gasteiger partial charge in [0.25, 0.3) is 0 Å². The monoisotopic (exact) mass is 272 g/mol. The van der Waals surface area contributed by atoms with Crippen LogP contribution >= 0.6 is 0 Å². The van der Waals surface area contributed by atoms with E-state index in [4.69, 9.17) is 4.53 Å². The van der Waals surface area contributed by atoms with Crippen LogP contribution in [-0.2, 0) is 4.53 Å². The van der Waals surface area contributed by atoms with E-state index in [1.165, 1.54) is 0 Å². The van der Waals surface area contributed by atoms with Crippen LogP contribution in [0.3, 0.4) is 0 Å². The molecule has 0 fully saturated rings. The number of anilines is 2. The summed E-state index contributed by atoms with van der Waals surface area (Å²) in [5.74, 6) is 0. The van der Waals surface area contributed by atoms with Crippen molar-refractivity contribution in [2.24, 2.45) is 0 Å². The van der Waals surface area contributed by atoms with Crippen molar-refractivity contribution in [3.8, 4) is 0 Å². The lowest BCUT2D eigenvalue weighted by atomic mass is 9.98. The molecule has 1 aromatic rings. The molecule has 1 aliphatic carbocycles. The van der Waals surface area contributed by atoms with Gasteiger partial charge in [0.1, 0.15) is 0 Å². The summed E-state index contributed by atoms with van der Waals surface area (Å²) in [5, 5.41) is 5.67. The molecule has 100 valence electrons. The first-order chi connectivity index (χ1) is 9.04. The minimum absolute atomic E-state index is 0.228. The molecule has 0 spiro atoms. The van der Waals surface area contributed by atoms with E-state index >= 15 is 0 Å². The highest BCUT2D eigenvalue weighted by Crippen LogP contribution is 2.36. The Morgan fingerprint density at radius 3 is 2.63 bits per heavy atom. The van der Waals surface area contributed by atoms with Crippen LogP contribution in [0.25, 0.3) is 0 Å². The van der Waals surface area contributed by atoms with Gasteiger partial charge in [-0.2, -0.15) is 0 Å². The Balaban J connectivity index is 2.02. The second-order valence-corrected chi connectivity index (χ2v) is 10.4. The summed E-state index contributed by atoms with van der Waals surface area (Å²) in [4.78, 5) is 0. The predicted octanol–water partition coefficient (Wildman–Crippen LogP) is 3.55. The van der Waals surface area contributed by atoms with Gasteiger partial charge in [0, 0.05) is 0 Å². The summed E-state index contributed by atoms with van der Waals surface area (Å²) in [6, 6.07) is 8.84. The van der Waals surface area contributed by atoms with Gasteiger partial charge in [0.2, 0.25) is 8.32 Å². The maximum absolute atomic E-state index is 6.32. The van der Waals surface area contributed by atoms with Crippen LogP contribution in [0, 0.1) is 0 Å². The smallest absolute Gasteiger partial charge is 0.220 e. The fraction of sp³-hybridized carbons (Fsp3) is 0.333. The highest BCUT2D eigenvalue weighted by atomic mass is 28.4. The SMILES string of the molecule is C[Si](C)(C)ON1c2ccccc2NC2C=CC=CC21. The highest BCUT2D eigenvalue weighted by molar-refractivity contribution is 6.69. The number of fused-ring (bicyclic) bond motifs is 2. The number of hydrogen-bond donors (Lipinski definition) is 1. The Morgan fingerprint density at radius 1 is 1.11 bits per heavy atom. The third-order valence-corrected chi connectivity index (χ3v) is 3.96. The summed E-state index contributed by atoms with van der Waals surface area (Å²) in [7, 11) is -1.65. The highest BCUT2D eigenvalue weighted by Gasteiger charge is 2.35. The van der Waals surface area contributed by atoms with Crippen molar-refractivity contribution in [3.63, 3.8) is 0 Å². The molecule has 1 aliphatic heterocycles. The van der Waals surface area contributed by atoms with E-state index in [1.807, 2.05) is 0 Å². The van der Waals surface area contributed by atoms with Crippen molar-refractivity contribution in [1.29, 1.82) is 0 Å². The zero-order chi connectivity index (χ0) is 13.5. The molecule has 2 atom stereocenters. The average molecular weight is 272 g/mol. The number of para-hydroxylation sites is 2. The molecular weight excluding hydrogens is 252 g/mol. The zero-order valence-corrected chi connectivity index (χ0v) is 12.6. The Labute approximate surface area is 115 Å². The topological polar surface area (TPSA) is 24.5 Å². The molecule has 1 N–H and O–H groups in total. The van der Waals surface area contributed by atoms with Crippen LogP contribution in [-0.4, -0.2) is 20.4 Å². The average Bonchev–Trinajstić information content (AvgIpc) is 2.37. The van der Waals surface area contributed by atoms with E-state index in [0.29, 0.717) is 0 Å². The Morgan fingerprint density at radius 2 is 1.84 bits per heavy atom. The van der Waals surface area contributed by atoms with Crippen molar-refractivity contribution in [3.05, 3.63) is 48.6 Å². The Hall–Kier alpha value is -1.52. The van der Waals surface area contributed by atoms with Gasteiger partial charge in [-0.25, -0.2) is 0 Å². The van der Waals surface area contributed by atoms with Gasteiger partial charge >= 0.3 is 0 Å². The quantitative estimate of drug-likeness (QED) is 0.833. The third-order valence-electron chi connectivity index (χ3n) is 3.21. The van der Waals surface area contributed by atoms with Gasteiger partial charge < -0.3 is 9.84 Å². The predicted molar refractivity (Wildman–Crippen MR) is 82.8 cm³/mol. The molecule has 0 amide bonds. The molecule has 0 aromatic heterocycles. The molecule has 0 saturated heterocycles. The molecule has 0 bridgehead atoms. The molecule has 1 heterocycles. The van der Waals surface area contributed by atoms with Crippen molar-refractivity contribution in [2.45, 2.75) is 31.7 Å². The van der Waals surface area contributed by atoms with Crippen LogP contribution in [0.4, 0.5) is 11.4 Å². The van der Waals surface area contributed by atoms with Gasteiger partial charge in [0.15, 0.2) is 0 Å². The fourth-order valence-electron chi connectivity index (χ4n) is 2.49. The van der Waals surface area contributed by atoms with Crippen molar-refractivity contribution in [2.75, 3.05) is 10.4 Å². The van der Waals surface area contributed by atoms with Crippen LogP contribution in [0.2, 0.25) is 19.6 Å². The summed E-state index contributed by atoms with van der Waals surface area (Å²) in [5.41, 5.74) is 2.27. The van der Waals surface area contributed by atoms with Crippen LogP contribution in [0.15, 0.2) is 48.6 Å². The van der Waals surface area contributed by atoms with E-state index in [0.717, 1.165) is 11.4 Å². The largest absolute Gasteiger partial charge is 0.375 e. The molecule has 3 rings (SSSR count). The maximum atomic E-state index is 6.32. The standard InChI is InChI=1S/C15H20N2OSi/c1-19(2,3)18-17-14-10-6-4-8-12(14)16-13-9-5-7-11-15(13)17/h4-12,14,16H,1-3H3. The maximum Gasteiger partial charge on any atom is 0.220 e. The number of nitrogens with zero attached hydrogens (tertiary/aromatic N) is 1. The van der Waals surface area contributed by atoms with Gasteiger partial charge in [-0.3, -0.25) is 5.06 Å². The number of nitrogens with one attached hydrogen (secondary N) is 1. The molecule has 0 saturated carbocycles. The van der Waals surface area contributed by atoms with Gasteiger partial charge in [0.05, 0.1) is 23.5 Å². The van der Waals surface area contributed by atoms with Gasteiger partial charge in [-0.15, -0.1) is 0 Å². The Kier molecular flexibility index (Phi) is 2.99. The van der Waals surface area contributed by atoms with E-state index in [-0.39, 0.29) is 12.1 Å². The van der Waals surface area contributed by atoms with Gasteiger partial charge in [-0.1, -0.05) is 36.4 Å². The van der Waals surface area contributed by atoms with Crippen molar-refractivity contribution in [1.82, 2.24) is 0 Å². The second-order valence-electron chi connectivity index (χ2n) is 5.98. The van der Waals surface area contributed by atoms with E-state index in [9.17, 15) is 0 Å². The first-order valence-electron chi connectivity index (χ1n) is 6.73. The minimum Gasteiger partial charge on any atom is -0.375 e. The zero-order valence-electron chi connectivity index (χ0n) is 11.6. The number of allylic oxidation sites excluding steroid dienone is 2. The number of benzene rings is 1. The number of hydrogen-bond acceptors (Lipinski definition) is 3. The molecule has 3 nitrogen and oxygen atoms in total. The summed E-state index contributed by atoms with van der Waals surface area (Å²) in [6.07, 6.45) is 8.58. The first-order valence-corrected chi connectivity index (χ1v) is 10.1. The molecule has 19 heavy (non-hydrogen) atoms. The molecular formula is C15H20N2OSi. The van der Waals surface area contributed by atoms with Crippen LogP contribution in [0.5, 0.6) is 0 Å². The lowest BCUT2D eigenvalue weighted by Gasteiger charge is -2.44. The minimum atomic E-state index is -1.65. The molecule has 2 aliphatic rings. The lowest BCUT2D eigenvalue weighted by Crippen LogP contribution is -2.53. The first kappa shape index (κ1) is 12.5. The third kappa shape index (κ3) is 2.46. The second kappa shape index (κ2) is 4.54. The normalized spacial score (nSPS) is 24.7. The van der Waals surface area contributed by atoms with E-state index in [2.05, 4.69) is 78.6 Å². The molecule has 4 heteroatoms. The number of hydroxylamine groups is 1.